The normalized spacial score (nSPS) is 19.5. The monoisotopic (exact) mass is 419 g/mol. The van der Waals surface area contributed by atoms with Gasteiger partial charge in [-0.1, -0.05) is 32.9 Å². The molecular weight excluding hydrogens is 392 g/mol. The average Bonchev–Trinajstić information content (AvgIpc) is 3.11. The summed E-state index contributed by atoms with van der Waals surface area (Å²) >= 11 is 0. The van der Waals surface area contributed by atoms with Gasteiger partial charge in [-0.25, -0.2) is 8.78 Å². The number of piperazine rings is 1. The summed E-state index contributed by atoms with van der Waals surface area (Å²) in [5.41, 5.74) is 0.147. The Kier molecular flexibility index (Phi) is 6.53. The molecule has 1 saturated heterocycles. The van der Waals surface area contributed by atoms with Crippen LogP contribution in [0.5, 0.6) is 0 Å². The Bertz CT molecular complexity index is 906. The summed E-state index contributed by atoms with van der Waals surface area (Å²) in [5, 5.41) is 6.83. The van der Waals surface area contributed by atoms with Gasteiger partial charge >= 0.3 is 0 Å². The zero-order valence-corrected chi connectivity index (χ0v) is 17.6. The number of halogens is 2. The summed E-state index contributed by atoms with van der Waals surface area (Å²) in [7, 11) is 0. The second-order valence-electron chi connectivity index (χ2n) is 8.67. The van der Waals surface area contributed by atoms with Crippen LogP contribution in [0, 0.1) is 23.5 Å². The highest BCUT2D eigenvalue weighted by molar-refractivity contribution is 5.97. The zero-order valence-electron chi connectivity index (χ0n) is 17.6. The molecule has 3 rings (SSSR count). The number of hydrogen-bond donors (Lipinski definition) is 1. The number of amides is 2. The molecule has 2 heterocycles. The lowest BCUT2D eigenvalue weighted by Gasteiger charge is -2.40. The summed E-state index contributed by atoms with van der Waals surface area (Å²) in [6.45, 7) is 8.46. The van der Waals surface area contributed by atoms with E-state index in [-0.39, 0.29) is 34.9 Å². The minimum absolute atomic E-state index is 0.00132. The Morgan fingerprint density at radius 3 is 2.37 bits per heavy atom. The van der Waals surface area contributed by atoms with E-state index >= 15 is 0 Å². The van der Waals surface area contributed by atoms with E-state index in [1.807, 2.05) is 13.8 Å². The van der Waals surface area contributed by atoms with Crippen molar-refractivity contribution in [2.45, 2.75) is 52.6 Å². The van der Waals surface area contributed by atoms with E-state index in [1.165, 1.54) is 6.07 Å². The summed E-state index contributed by atoms with van der Waals surface area (Å²) in [6, 6.07) is 3.57. The third kappa shape index (κ3) is 5.04. The van der Waals surface area contributed by atoms with Gasteiger partial charge in [-0.05, 0) is 36.8 Å². The largest absolute Gasteiger partial charge is 0.355 e. The minimum Gasteiger partial charge on any atom is -0.355 e. The molecule has 6 nitrogen and oxygen atoms in total. The highest BCUT2D eigenvalue weighted by atomic mass is 19.1. The molecule has 1 fully saturated rings. The highest BCUT2D eigenvalue weighted by Gasteiger charge is 2.39. The first-order chi connectivity index (χ1) is 14.1. The molecule has 1 aromatic carbocycles. The van der Waals surface area contributed by atoms with Gasteiger partial charge in [0.05, 0.1) is 0 Å². The van der Waals surface area contributed by atoms with E-state index in [0.717, 1.165) is 24.6 Å². The van der Waals surface area contributed by atoms with Crippen LogP contribution in [-0.2, 0) is 4.79 Å². The second-order valence-corrected chi connectivity index (χ2v) is 8.67. The Balaban J connectivity index is 1.87. The number of carbonyl (C=O) groups is 2. The number of carbonyl (C=O) groups excluding carboxylic acids is 2. The van der Waals surface area contributed by atoms with E-state index in [1.54, 1.807) is 4.90 Å². The van der Waals surface area contributed by atoms with Gasteiger partial charge in [-0.15, -0.1) is 0 Å². The molecule has 30 heavy (non-hydrogen) atoms. The SMILES string of the molecule is CC(C)CC1CN(C(=O)c2cc(-c3cc(F)cc(F)c3)on2)[C@@H](CC(C)C)C(=O)N1. The van der Waals surface area contributed by atoms with Crippen molar-refractivity contribution < 1.29 is 22.9 Å². The summed E-state index contributed by atoms with van der Waals surface area (Å²) < 4.78 is 32.2. The summed E-state index contributed by atoms with van der Waals surface area (Å²) in [6.07, 6.45) is 1.27. The standard InChI is InChI=1S/C22H27F2N3O3/c1-12(2)5-17-11-27(19(6-13(3)4)21(28)25-17)22(29)18-10-20(30-26-18)14-7-15(23)9-16(24)8-14/h7-10,12-13,17,19H,5-6,11H2,1-4H3,(H,25,28)/t17?,19-/m0/s1. The van der Waals surface area contributed by atoms with Gasteiger partial charge in [-0.2, -0.15) is 0 Å². The van der Waals surface area contributed by atoms with E-state index in [0.29, 0.717) is 18.9 Å². The molecular formula is C22H27F2N3O3. The van der Waals surface area contributed by atoms with Crippen LogP contribution in [0.2, 0.25) is 0 Å². The van der Waals surface area contributed by atoms with Crippen molar-refractivity contribution in [1.29, 1.82) is 0 Å². The van der Waals surface area contributed by atoms with Crippen LogP contribution in [0.15, 0.2) is 28.8 Å². The maximum absolute atomic E-state index is 13.5. The van der Waals surface area contributed by atoms with Crippen LogP contribution in [0.3, 0.4) is 0 Å². The van der Waals surface area contributed by atoms with Crippen molar-refractivity contribution in [2.24, 2.45) is 11.8 Å². The predicted octanol–water partition coefficient (Wildman–Crippen LogP) is 4.02. The smallest absolute Gasteiger partial charge is 0.276 e. The van der Waals surface area contributed by atoms with Crippen LogP contribution in [-0.4, -0.2) is 40.5 Å². The number of nitrogens with one attached hydrogen (secondary N) is 1. The highest BCUT2D eigenvalue weighted by Crippen LogP contribution is 2.25. The molecule has 1 aliphatic heterocycles. The van der Waals surface area contributed by atoms with Crippen LogP contribution in [0.1, 0.15) is 51.0 Å². The molecule has 0 spiro atoms. The van der Waals surface area contributed by atoms with E-state index in [2.05, 4.69) is 24.3 Å². The maximum Gasteiger partial charge on any atom is 0.276 e. The molecule has 2 atom stereocenters. The van der Waals surface area contributed by atoms with Crippen LogP contribution in [0.4, 0.5) is 8.78 Å². The molecule has 1 N–H and O–H groups in total. The lowest BCUT2D eigenvalue weighted by Crippen LogP contribution is -2.62. The van der Waals surface area contributed by atoms with Crippen LogP contribution >= 0.6 is 0 Å². The first-order valence-electron chi connectivity index (χ1n) is 10.2. The Labute approximate surface area is 174 Å². The fourth-order valence-electron chi connectivity index (χ4n) is 3.81. The molecule has 2 aromatic rings. The van der Waals surface area contributed by atoms with Crippen molar-refractivity contribution in [3.05, 3.63) is 41.6 Å². The molecule has 0 radical (unpaired) electrons. The van der Waals surface area contributed by atoms with Crippen molar-refractivity contribution in [3.63, 3.8) is 0 Å². The first-order valence-corrected chi connectivity index (χ1v) is 10.2. The molecule has 1 aromatic heterocycles. The predicted molar refractivity (Wildman–Crippen MR) is 108 cm³/mol. The van der Waals surface area contributed by atoms with Gasteiger partial charge in [0.1, 0.15) is 17.7 Å². The molecule has 0 bridgehead atoms. The van der Waals surface area contributed by atoms with E-state index in [4.69, 9.17) is 4.52 Å². The first kappa shape index (κ1) is 21.9. The Morgan fingerprint density at radius 1 is 1.13 bits per heavy atom. The van der Waals surface area contributed by atoms with Crippen molar-refractivity contribution >= 4 is 11.8 Å². The molecule has 1 unspecified atom stereocenters. The lowest BCUT2D eigenvalue weighted by molar-refractivity contribution is -0.130. The van der Waals surface area contributed by atoms with E-state index < -0.39 is 23.6 Å². The summed E-state index contributed by atoms with van der Waals surface area (Å²) in [4.78, 5) is 27.5. The molecule has 0 saturated carbocycles. The fraction of sp³-hybridized carbons (Fsp3) is 0.500. The molecule has 0 aliphatic carbocycles. The van der Waals surface area contributed by atoms with E-state index in [9.17, 15) is 18.4 Å². The molecule has 162 valence electrons. The van der Waals surface area contributed by atoms with Crippen molar-refractivity contribution in [1.82, 2.24) is 15.4 Å². The Hall–Kier alpha value is -2.77. The number of hydrogen-bond acceptors (Lipinski definition) is 4. The third-order valence-corrected chi connectivity index (χ3v) is 5.03. The second kappa shape index (κ2) is 8.93. The average molecular weight is 419 g/mol. The summed E-state index contributed by atoms with van der Waals surface area (Å²) in [5.74, 6) is -1.47. The van der Waals surface area contributed by atoms with Gasteiger partial charge < -0.3 is 14.7 Å². The zero-order chi connectivity index (χ0) is 22.0. The fourth-order valence-corrected chi connectivity index (χ4v) is 3.81. The third-order valence-electron chi connectivity index (χ3n) is 5.03. The van der Waals surface area contributed by atoms with Gasteiger partial charge in [0.2, 0.25) is 5.91 Å². The topological polar surface area (TPSA) is 75.4 Å². The van der Waals surface area contributed by atoms with Gasteiger partial charge in [0.25, 0.3) is 5.91 Å². The molecule has 2 amide bonds. The van der Waals surface area contributed by atoms with Gasteiger partial charge in [-0.3, -0.25) is 9.59 Å². The van der Waals surface area contributed by atoms with Gasteiger partial charge in [0, 0.05) is 30.3 Å². The molecule has 1 aliphatic rings. The van der Waals surface area contributed by atoms with Crippen LogP contribution in [0.25, 0.3) is 11.3 Å². The number of nitrogens with zero attached hydrogens (tertiary/aromatic N) is 2. The van der Waals surface area contributed by atoms with Gasteiger partial charge in [0.15, 0.2) is 11.5 Å². The van der Waals surface area contributed by atoms with Crippen LogP contribution < -0.4 is 5.32 Å². The van der Waals surface area contributed by atoms with Crippen molar-refractivity contribution in [2.75, 3.05) is 6.54 Å². The van der Waals surface area contributed by atoms with Crippen molar-refractivity contribution in [3.8, 4) is 11.3 Å². The quantitative estimate of drug-likeness (QED) is 0.767. The maximum atomic E-state index is 13.5. The lowest BCUT2D eigenvalue weighted by atomic mass is 9.94. The molecule has 8 heteroatoms. The number of benzene rings is 1. The number of aromatic nitrogens is 1. The minimum atomic E-state index is -0.754. The Morgan fingerprint density at radius 2 is 1.77 bits per heavy atom. The number of rotatable bonds is 6.